The minimum Gasteiger partial charge on any atom is -0.394 e. The zero-order valence-corrected chi connectivity index (χ0v) is 13.2. The Balaban J connectivity index is 1.71. The van der Waals surface area contributed by atoms with Gasteiger partial charge in [0.25, 0.3) is 0 Å². The van der Waals surface area contributed by atoms with Gasteiger partial charge >= 0.3 is 0 Å². The molecule has 3 heteroatoms. The second kappa shape index (κ2) is 9.42. The van der Waals surface area contributed by atoms with Gasteiger partial charge in [0, 0.05) is 6.42 Å². The number of rotatable bonds is 7. The summed E-state index contributed by atoms with van der Waals surface area (Å²) in [6.45, 7) is -0.0757. The lowest BCUT2D eigenvalue weighted by molar-refractivity contribution is -0.122. The summed E-state index contributed by atoms with van der Waals surface area (Å²) in [4.78, 5) is 12.0. The minimum absolute atomic E-state index is 0.00352. The first-order valence-electron chi connectivity index (χ1n) is 8.41. The third kappa shape index (κ3) is 5.64. The van der Waals surface area contributed by atoms with Crippen LogP contribution in [-0.4, -0.2) is 17.6 Å². The maximum absolute atomic E-state index is 12.0. The zero-order valence-electron chi connectivity index (χ0n) is 13.2. The Morgan fingerprint density at radius 2 is 1.95 bits per heavy atom. The van der Waals surface area contributed by atoms with Crippen LogP contribution in [0.4, 0.5) is 0 Å². The molecule has 0 radical (unpaired) electrons. The van der Waals surface area contributed by atoms with E-state index in [1.165, 1.54) is 32.1 Å². The Kier molecular flexibility index (Phi) is 7.17. The number of aliphatic hydroxyl groups is 1. The third-order valence-electron chi connectivity index (χ3n) is 4.32. The summed E-state index contributed by atoms with van der Waals surface area (Å²) < 4.78 is 0. The van der Waals surface area contributed by atoms with Gasteiger partial charge in [0.15, 0.2) is 0 Å². The highest BCUT2D eigenvalue weighted by Crippen LogP contribution is 2.24. The van der Waals surface area contributed by atoms with Crippen LogP contribution in [0.5, 0.6) is 0 Å². The quantitative estimate of drug-likeness (QED) is 0.754. The van der Waals surface area contributed by atoms with Crippen LogP contribution in [0.1, 0.15) is 56.6 Å². The summed E-state index contributed by atoms with van der Waals surface area (Å²) in [7, 11) is 0. The van der Waals surface area contributed by atoms with Crippen molar-refractivity contribution in [3.63, 3.8) is 0 Å². The van der Waals surface area contributed by atoms with E-state index in [1.54, 1.807) is 0 Å². The van der Waals surface area contributed by atoms with Crippen molar-refractivity contribution in [3.8, 4) is 0 Å². The van der Waals surface area contributed by atoms with Crippen molar-refractivity contribution in [1.29, 1.82) is 0 Å². The van der Waals surface area contributed by atoms with Crippen molar-refractivity contribution in [2.75, 3.05) is 6.61 Å². The van der Waals surface area contributed by atoms with Crippen molar-refractivity contribution in [2.45, 2.75) is 51.0 Å². The molecular weight excluding hydrogens is 274 g/mol. The second-order valence-corrected chi connectivity index (χ2v) is 6.08. The number of nitrogens with one attached hydrogen (secondary N) is 1. The molecule has 2 N–H and O–H groups in total. The summed E-state index contributed by atoms with van der Waals surface area (Å²) in [5.74, 6) is 0.711. The maximum Gasteiger partial charge on any atom is 0.220 e. The monoisotopic (exact) mass is 301 g/mol. The van der Waals surface area contributed by atoms with E-state index < -0.39 is 0 Å². The van der Waals surface area contributed by atoms with Gasteiger partial charge < -0.3 is 10.4 Å². The normalized spacial score (nSPS) is 17.5. The molecule has 0 spiro atoms. The SMILES string of the molecule is O=C(CC/C=C/C1CCCCC1)N[C@H](CO)c1ccccc1. The molecule has 1 aliphatic rings. The van der Waals surface area contributed by atoms with Gasteiger partial charge in [-0.15, -0.1) is 0 Å². The number of allylic oxidation sites excluding steroid dienone is 2. The molecule has 1 fully saturated rings. The molecule has 0 aliphatic heterocycles. The van der Waals surface area contributed by atoms with E-state index in [4.69, 9.17) is 0 Å². The van der Waals surface area contributed by atoms with Crippen molar-refractivity contribution >= 4 is 5.91 Å². The van der Waals surface area contributed by atoms with Gasteiger partial charge in [-0.05, 0) is 30.7 Å². The second-order valence-electron chi connectivity index (χ2n) is 6.08. The molecule has 0 bridgehead atoms. The minimum atomic E-state index is -0.309. The molecule has 1 atom stereocenters. The van der Waals surface area contributed by atoms with E-state index in [0.29, 0.717) is 12.3 Å². The molecule has 0 saturated heterocycles. The lowest BCUT2D eigenvalue weighted by atomic mass is 9.89. The number of hydrogen-bond donors (Lipinski definition) is 2. The Bertz CT molecular complexity index is 464. The predicted octanol–water partition coefficient (Wildman–Crippen LogP) is 3.75. The maximum atomic E-state index is 12.0. The average molecular weight is 301 g/mol. The van der Waals surface area contributed by atoms with Crippen LogP contribution in [0.2, 0.25) is 0 Å². The van der Waals surface area contributed by atoms with Crippen LogP contribution in [0.15, 0.2) is 42.5 Å². The molecule has 0 unspecified atom stereocenters. The molecule has 120 valence electrons. The van der Waals surface area contributed by atoms with Crippen molar-refractivity contribution in [1.82, 2.24) is 5.32 Å². The highest BCUT2D eigenvalue weighted by Gasteiger charge is 2.13. The summed E-state index contributed by atoms with van der Waals surface area (Å²) in [5, 5.41) is 12.3. The third-order valence-corrected chi connectivity index (χ3v) is 4.32. The number of carbonyl (C=O) groups is 1. The molecule has 22 heavy (non-hydrogen) atoms. The first kappa shape index (κ1) is 16.8. The number of benzene rings is 1. The van der Waals surface area contributed by atoms with E-state index in [0.717, 1.165) is 12.0 Å². The van der Waals surface area contributed by atoms with Crippen LogP contribution >= 0.6 is 0 Å². The van der Waals surface area contributed by atoms with E-state index in [1.807, 2.05) is 30.3 Å². The van der Waals surface area contributed by atoms with Gasteiger partial charge in [0.1, 0.15) is 0 Å². The molecule has 2 rings (SSSR count). The molecule has 1 aromatic rings. The van der Waals surface area contributed by atoms with Crippen molar-refractivity contribution < 1.29 is 9.90 Å². The molecule has 3 nitrogen and oxygen atoms in total. The topological polar surface area (TPSA) is 49.3 Å². The number of aliphatic hydroxyl groups excluding tert-OH is 1. The fourth-order valence-electron chi connectivity index (χ4n) is 3.02. The fraction of sp³-hybridized carbons (Fsp3) is 0.526. The number of amides is 1. The van der Waals surface area contributed by atoms with Gasteiger partial charge in [0.2, 0.25) is 5.91 Å². The Morgan fingerprint density at radius 1 is 1.23 bits per heavy atom. The molecule has 1 aliphatic carbocycles. The van der Waals surface area contributed by atoms with Gasteiger partial charge in [-0.2, -0.15) is 0 Å². The summed E-state index contributed by atoms with van der Waals surface area (Å²) in [6.07, 6.45) is 12.3. The summed E-state index contributed by atoms with van der Waals surface area (Å²) >= 11 is 0. The Hall–Kier alpha value is -1.61. The molecule has 1 aromatic carbocycles. The van der Waals surface area contributed by atoms with E-state index in [9.17, 15) is 9.90 Å². The smallest absolute Gasteiger partial charge is 0.220 e. The van der Waals surface area contributed by atoms with Crippen molar-refractivity contribution in [3.05, 3.63) is 48.0 Å². The van der Waals surface area contributed by atoms with E-state index >= 15 is 0 Å². The van der Waals surface area contributed by atoms with Crippen molar-refractivity contribution in [2.24, 2.45) is 5.92 Å². The molecule has 0 heterocycles. The molecule has 1 saturated carbocycles. The lowest BCUT2D eigenvalue weighted by Crippen LogP contribution is -2.30. The Labute approximate surface area is 133 Å². The van der Waals surface area contributed by atoms with Gasteiger partial charge in [-0.25, -0.2) is 0 Å². The van der Waals surface area contributed by atoms with Crippen LogP contribution in [0.25, 0.3) is 0 Å². The largest absolute Gasteiger partial charge is 0.394 e. The first-order chi connectivity index (χ1) is 10.8. The molecular formula is C19H27NO2. The van der Waals surface area contributed by atoms with Gasteiger partial charge in [-0.3, -0.25) is 4.79 Å². The first-order valence-corrected chi connectivity index (χ1v) is 8.41. The average Bonchev–Trinajstić information content (AvgIpc) is 2.58. The summed E-state index contributed by atoms with van der Waals surface area (Å²) in [5.41, 5.74) is 0.941. The number of hydrogen-bond acceptors (Lipinski definition) is 2. The van der Waals surface area contributed by atoms with Crippen LogP contribution in [-0.2, 0) is 4.79 Å². The fourth-order valence-corrected chi connectivity index (χ4v) is 3.02. The van der Waals surface area contributed by atoms with Gasteiger partial charge in [-0.1, -0.05) is 61.7 Å². The highest BCUT2D eigenvalue weighted by atomic mass is 16.3. The number of carbonyl (C=O) groups excluding carboxylic acids is 1. The van der Waals surface area contributed by atoms with Gasteiger partial charge in [0.05, 0.1) is 12.6 Å². The van der Waals surface area contributed by atoms with E-state index in [-0.39, 0.29) is 18.6 Å². The van der Waals surface area contributed by atoms with E-state index in [2.05, 4.69) is 17.5 Å². The van der Waals surface area contributed by atoms with Crippen LogP contribution in [0.3, 0.4) is 0 Å². The van der Waals surface area contributed by atoms with Crippen LogP contribution < -0.4 is 5.32 Å². The summed E-state index contributed by atoms with van der Waals surface area (Å²) in [6, 6.07) is 9.29. The molecule has 0 aromatic heterocycles. The lowest BCUT2D eigenvalue weighted by Gasteiger charge is -2.18. The molecule has 1 amide bonds. The standard InChI is InChI=1S/C19H27NO2/c21-15-18(17-12-5-2-6-13-17)20-19(22)14-8-7-11-16-9-3-1-4-10-16/h2,5-7,11-13,16,18,21H,1,3-4,8-10,14-15H2,(H,20,22)/b11-7+/t18-/m1/s1. The van der Waals surface area contributed by atoms with Crippen LogP contribution in [0, 0.1) is 5.92 Å². The zero-order chi connectivity index (χ0) is 15.6. The highest BCUT2D eigenvalue weighted by molar-refractivity contribution is 5.76. The predicted molar refractivity (Wildman–Crippen MR) is 89.4 cm³/mol. The Morgan fingerprint density at radius 3 is 2.64 bits per heavy atom.